The van der Waals surface area contributed by atoms with Crippen LogP contribution in [0.3, 0.4) is 0 Å². The van der Waals surface area contributed by atoms with Gasteiger partial charge in [-0.2, -0.15) is 0 Å². The lowest BCUT2D eigenvalue weighted by Crippen LogP contribution is -2.48. The summed E-state index contributed by atoms with van der Waals surface area (Å²) in [5, 5.41) is 13.2. The first-order chi connectivity index (χ1) is 12.6. The van der Waals surface area contributed by atoms with E-state index in [-0.39, 0.29) is 13.1 Å². The number of hydrogen-bond acceptors (Lipinski definition) is 6. The number of aliphatic carboxylic acids is 1. The Bertz CT molecular complexity index is 856. The number of nitrogens with one attached hydrogen (secondary N) is 2. The van der Waals surface area contributed by atoms with Crippen molar-refractivity contribution in [2.24, 2.45) is 0 Å². The van der Waals surface area contributed by atoms with E-state index in [1.165, 1.54) is 0 Å². The number of carbonyl (C=O) groups excluding carboxylic acids is 3. The van der Waals surface area contributed by atoms with Crippen LogP contribution in [0.2, 0.25) is 0 Å². The van der Waals surface area contributed by atoms with Crippen molar-refractivity contribution in [3.63, 3.8) is 0 Å². The molecule has 0 spiro atoms. The Morgan fingerprint density at radius 2 is 1.81 bits per heavy atom. The smallest absolute Gasteiger partial charge is 0.341 e. The molecule has 0 radical (unpaired) electrons. The quantitative estimate of drug-likeness (QED) is 0.574. The molecule has 27 heavy (non-hydrogen) atoms. The summed E-state index contributed by atoms with van der Waals surface area (Å²) in [5.41, 5.74) is 0.361. The second-order valence-electron chi connectivity index (χ2n) is 5.67. The molecule has 1 saturated heterocycles. The normalized spacial score (nSPS) is 15.4. The molecule has 12 heteroatoms. The first-order valence-corrected chi connectivity index (χ1v) is 9.60. The number of imide groups is 1. The third kappa shape index (κ3) is 4.94. The molecule has 11 nitrogen and oxygen atoms in total. The van der Waals surface area contributed by atoms with E-state index < -0.39 is 46.5 Å². The molecule has 0 saturated carbocycles. The van der Waals surface area contributed by atoms with Crippen LogP contribution in [0.4, 0.5) is 9.59 Å². The van der Waals surface area contributed by atoms with Gasteiger partial charge in [-0.15, -0.1) is 0 Å². The second kappa shape index (κ2) is 8.03. The van der Waals surface area contributed by atoms with E-state index in [1.54, 1.807) is 30.3 Å². The van der Waals surface area contributed by atoms with Gasteiger partial charge in [-0.3, -0.25) is 9.59 Å². The van der Waals surface area contributed by atoms with Gasteiger partial charge in [0.25, 0.3) is 0 Å². The zero-order valence-corrected chi connectivity index (χ0v) is 15.1. The molecule has 1 aliphatic heterocycles. The number of rotatable bonds is 6. The molecule has 0 unspecified atom stereocenters. The number of benzene rings is 1. The summed E-state index contributed by atoms with van der Waals surface area (Å²) >= 11 is 0. The molecule has 1 aliphatic rings. The summed E-state index contributed by atoms with van der Waals surface area (Å²) in [7, 11) is -3.82. The molecule has 1 fully saturated rings. The molecule has 1 aromatic rings. The number of sulfonamides is 1. The molecule has 1 aromatic carbocycles. The van der Waals surface area contributed by atoms with Crippen LogP contribution in [0, 0.1) is 0 Å². The fourth-order valence-electron chi connectivity index (χ4n) is 2.42. The average molecular weight is 398 g/mol. The number of nitrogens with zero attached hydrogens (tertiary/aromatic N) is 2. The fourth-order valence-corrected chi connectivity index (χ4v) is 3.22. The molecule has 1 heterocycles. The van der Waals surface area contributed by atoms with Crippen LogP contribution in [0.25, 0.3) is 0 Å². The summed E-state index contributed by atoms with van der Waals surface area (Å²) in [6.45, 7) is -1.01. The largest absolute Gasteiger partial charge is 0.480 e. The van der Waals surface area contributed by atoms with Gasteiger partial charge in [0.2, 0.25) is 15.9 Å². The third-order valence-corrected chi connectivity index (χ3v) is 4.83. The molecule has 146 valence electrons. The standard InChI is InChI=1S/C15H18N4O7S/c1-27(25,26)19-8-7-18(15(19)24)14(23)17-12(10-5-3-2-4-6-10)13(22)16-9-11(20)21/h2-6,12H,7-9H2,1H3,(H,16,22)(H,17,23)(H,20,21)/t12-/m1/s1. The monoisotopic (exact) mass is 398 g/mol. The highest BCUT2D eigenvalue weighted by atomic mass is 32.2. The molecule has 5 amide bonds. The van der Waals surface area contributed by atoms with E-state index in [1.807, 2.05) is 0 Å². The van der Waals surface area contributed by atoms with Crippen LogP contribution in [0.5, 0.6) is 0 Å². The van der Waals surface area contributed by atoms with Gasteiger partial charge in [0.05, 0.1) is 19.3 Å². The second-order valence-corrected chi connectivity index (χ2v) is 7.58. The Morgan fingerprint density at radius 1 is 1.19 bits per heavy atom. The van der Waals surface area contributed by atoms with Crippen LogP contribution in [0.15, 0.2) is 30.3 Å². The van der Waals surface area contributed by atoms with Crippen molar-refractivity contribution in [3.05, 3.63) is 35.9 Å². The summed E-state index contributed by atoms with van der Waals surface area (Å²) < 4.78 is 23.6. The SMILES string of the molecule is CS(=O)(=O)N1CCN(C(=O)N[C@@H](C(=O)NCC(=O)O)c2ccccc2)C1=O. The molecule has 0 aliphatic carbocycles. The van der Waals surface area contributed by atoms with Crippen molar-refractivity contribution in [2.75, 3.05) is 25.9 Å². The van der Waals surface area contributed by atoms with E-state index in [2.05, 4.69) is 10.6 Å². The van der Waals surface area contributed by atoms with Gasteiger partial charge >= 0.3 is 18.0 Å². The van der Waals surface area contributed by atoms with Gasteiger partial charge in [0, 0.05) is 0 Å². The molecule has 2 rings (SSSR count). The Balaban J connectivity index is 2.18. The zero-order chi connectivity index (χ0) is 20.2. The predicted molar refractivity (Wildman–Crippen MR) is 92.0 cm³/mol. The Labute approximate surface area is 155 Å². The minimum atomic E-state index is -3.82. The summed E-state index contributed by atoms with van der Waals surface area (Å²) in [6.07, 6.45) is 0.846. The van der Waals surface area contributed by atoms with Gasteiger partial charge in [-0.05, 0) is 5.56 Å². The van der Waals surface area contributed by atoms with Crippen LogP contribution in [-0.4, -0.2) is 72.6 Å². The zero-order valence-electron chi connectivity index (χ0n) is 14.3. The van der Waals surface area contributed by atoms with Crippen molar-refractivity contribution in [2.45, 2.75) is 6.04 Å². The maximum absolute atomic E-state index is 12.4. The van der Waals surface area contributed by atoms with E-state index in [4.69, 9.17) is 5.11 Å². The molecular formula is C15H18N4O7S. The van der Waals surface area contributed by atoms with Gasteiger partial charge in [-0.1, -0.05) is 30.3 Å². The average Bonchev–Trinajstić information content (AvgIpc) is 3.00. The number of urea groups is 2. The lowest BCUT2D eigenvalue weighted by atomic mass is 10.1. The lowest BCUT2D eigenvalue weighted by molar-refractivity contribution is -0.138. The van der Waals surface area contributed by atoms with Gasteiger partial charge in [0.1, 0.15) is 12.6 Å². The van der Waals surface area contributed by atoms with Gasteiger partial charge in [0.15, 0.2) is 0 Å². The van der Waals surface area contributed by atoms with E-state index >= 15 is 0 Å². The molecule has 3 N–H and O–H groups in total. The Kier molecular flexibility index (Phi) is 6.00. The Morgan fingerprint density at radius 3 is 2.33 bits per heavy atom. The first-order valence-electron chi connectivity index (χ1n) is 7.75. The number of carbonyl (C=O) groups is 4. The summed E-state index contributed by atoms with van der Waals surface area (Å²) in [5.74, 6) is -2.05. The van der Waals surface area contributed by atoms with Crippen molar-refractivity contribution >= 4 is 34.0 Å². The van der Waals surface area contributed by atoms with Gasteiger partial charge in [-0.25, -0.2) is 27.2 Å². The predicted octanol–water partition coefficient (Wildman–Crippen LogP) is -0.665. The van der Waals surface area contributed by atoms with E-state index in [0.29, 0.717) is 14.8 Å². The first kappa shape index (κ1) is 20.2. The highest BCUT2D eigenvalue weighted by Gasteiger charge is 2.39. The van der Waals surface area contributed by atoms with Crippen molar-refractivity contribution in [1.29, 1.82) is 0 Å². The number of amides is 5. The minimum Gasteiger partial charge on any atom is -0.480 e. The number of hydrogen-bond donors (Lipinski definition) is 3. The number of carboxylic acids is 1. The van der Waals surface area contributed by atoms with Crippen LogP contribution in [-0.2, 0) is 19.6 Å². The van der Waals surface area contributed by atoms with Crippen molar-refractivity contribution in [3.8, 4) is 0 Å². The van der Waals surface area contributed by atoms with Crippen LogP contribution < -0.4 is 10.6 Å². The minimum absolute atomic E-state index is 0.171. The van der Waals surface area contributed by atoms with Crippen molar-refractivity contribution in [1.82, 2.24) is 19.8 Å². The fraction of sp³-hybridized carbons (Fsp3) is 0.333. The molecule has 0 aromatic heterocycles. The molecule has 1 atom stereocenters. The lowest BCUT2D eigenvalue weighted by Gasteiger charge is -2.22. The maximum Gasteiger partial charge on any atom is 0.341 e. The van der Waals surface area contributed by atoms with Crippen LogP contribution >= 0.6 is 0 Å². The Hall–Kier alpha value is -3.15. The van der Waals surface area contributed by atoms with Gasteiger partial charge < -0.3 is 15.7 Å². The summed E-state index contributed by atoms with van der Waals surface area (Å²) in [6, 6.07) is 4.75. The molecule has 0 bridgehead atoms. The van der Waals surface area contributed by atoms with Crippen LogP contribution in [0.1, 0.15) is 11.6 Å². The number of carboxylic acid groups (broad SMARTS) is 1. The highest BCUT2D eigenvalue weighted by molar-refractivity contribution is 7.88. The third-order valence-electron chi connectivity index (χ3n) is 3.69. The topological polar surface area (TPSA) is 153 Å². The van der Waals surface area contributed by atoms with E-state index in [0.717, 1.165) is 6.26 Å². The van der Waals surface area contributed by atoms with E-state index in [9.17, 15) is 27.6 Å². The van der Waals surface area contributed by atoms with Crippen molar-refractivity contribution < 1.29 is 32.7 Å². The molecular weight excluding hydrogens is 380 g/mol. The maximum atomic E-state index is 12.4. The highest BCUT2D eigenvalue weighted by Crippen LogP contribution is 2.16. The summed E-state index contributed by atoms with van der Waals surface area (Å²) in [4.78, 5) is 48.2.